The van der Waals surface area contributed by atoms with E-state index in [-0.39, 0.29) is 12.3 Å². The predicted octanol–water partition coefficient (Wildman–Crippen LogP) is 2.13. The van der Waals surface area contributed by atoms with Crippen LogP contribution in [0.15, 0.2) is 44.9 Å². The van der Waals surface area contributed by atoms with E-state index >= 15 is 0 Å². The SMILES string of the molecule is CO/N=C(C(/C)=N/OC)\C(C)=N\OCc1ccccc1/C(=N\OC)C(=O)OC. The Morgan fingerprint density at radius 2 is 1.46 bits per heavy atom. The summed E-state index contributed by atoms with van der Waals surface area (Å²) in [7, 11) is 5.44. The van der Waals surface area contributed by atoms with Gasteiger partial charge >= 0.3 is 5.97 Å². The van der Waals surface area contributed by atoms with Gasteiger partial charge in [0.05, 0.1) is 7.11 Å². The highest BCUT2D eigenvalue weighted by molar-refractivity contribution is 6.67. The lowest BCUT2D eigenvalue weighted by Crippen LogP contribution is -2.21. The minimum atomic E-state index is -0.630. The minimum absolute atomic E-state index is 0.0228. The summed E-state index contributed by atoms with van der Waals surface area (Å²) in [6, 6.07) is 7.04. The molecule has 0 radical (unpaired) electrons. The second-order valence-corrected chi connectivity index (χ2v) is 5.20. The molecular weight excluding hydrogens is 368 g/mol. The van der Waals surface area contributed by atoms with Crippen molar-refractivity contribution in [1.29, 1.82) is 0 Å². The molecule has 10 heteroatoms. The lowest BCUT2D eigenvalue weighted by atomic mass is 10.0. The smallest absolute Gasteiger partial charge is 0.360 e. The van der Waals surface area contributed by atoms with Crippen LogP contribution in [0, 0.1) is 0 Å². The van der Waals surface area contributed by atoms with Gasteiger partial charge in [0.25, 0.3) is 0 Å². The van der Waals surface area contributed by atoms with E-state index in [1.807, 2.05) is 0 Å². The zero-order valence-electron chi connectivity index (χ0n) is 16.8. The van der Waals surface area contributed by atoms with Gasteiger partial charge in [-0.3, -0.25) is 0 Å². The monoisotopic (exact) mass is 392 g/mol. The average Bonchev–Trinajstić information content (AvgIpc) is 2.70. The number of hydrogen-bond donors (Lipinski definition) is 0. The van der Waals surface area contributed by atoms with Gasteiger partial charge in [0.15, 0.2) is 11.4 Å². The van der Waals surface area contributed by atoms with Crippen LogP contribution in [0.1, 0.15) is 25.0 Å². The maximum absolute atomic E-state index is 12.0. The van der Waals surface area contributed by atoms with Crippen LogP contribution in [0.5, 0.6) is 0 Å². The van der Waals surface area contributed by atoms with Crippen LogP contribution in [0.3, 0.4) is 0 Å². The van der Waals surface area contributed by atoms with E-state index in [0.717, 1.165) is 0 Å². The number of methoxy groups -OCH3 is 1. The second kappa shape index (κ2) is 12.0. The molecule has 0 unspecified atom stereocenters. The molecule has 0 fully saturated rings. The molecule has 0 aliphatic rings. The molecule has 0 aliphatic heterocycles. The molecule has 0 atom stereocenters. The number of carbonyl (C=O) groups excluding carboxylic acids is 1. The molecule has 0 spiro atoms. The maximum Gasteiger partial charge on any atom is 0.360 e. The van der Waals surface area contributed by atoms with Gasteiger partial charge in [-0.15, -0.1) is 0 Å². The van der Waals surface area contributed by atoms with Gasteiger partial charge < -0.3 is 24.1 Å². The lowest BCUT2D eigenvalue weighted by Gasteiger charge is -2.10. The van der Waals surface area contributed by atoms with Crippen LogP contribution in [-0.2, 0) is 35.5 Å². The Morgan fingerprint density at radius 3 is 2.07 bits per heavy atom. The Bertz CT molecular complexity index is 786. The summed E-state index contributed by atoms with van der Waals surface area (Å²) in [5.41, 5.74) is 2.45. The van der Waals surface area contributed by atoms with Gasteiger partial charge in [-0.1, -0.05) is 44.9 Å². The summed E-state index contributed by atoms with van der Waals surface area (Å²) in [6.45, 7) is 3.44. The first kappa shape index (κ1) is 22.6. The molecule has 0 amide bonds. The summed E-state index contributed by atoms with van der Waals surface area (Å²) < 4.78 is 4.75. The van der Waals surface area contributed by atoms with Gasteiger partial charge in [-0.2, -0.15) is 0 Å². The highest BCUT2D eigenvalue weighted by Crippen LogP contribution is 2.13. The predicted molar refractivity (Wildman–Crippen MR) is 104 cm³/mol. The Labute approximate surface area is 163 Å². The molecule has 28 heavy (non-hydrogen) atoms. The van der Waals surface area contributed by atoms with Gasteiger partial charge in [0.2, 0.25) is 0 Å². The van der Waals surface area contributed by atoms with Crippen LogP contribution >= 0.6 is 0 Å². The molecule has 0 bridgehead atoms. The van der Waals surface area contributed by atoms with Gasteiger partial charge in [-0.05, 0) is 13.8 Å². The van der Waals surface area contributed by atoms with Gasteiger partial charge in [-0.25, -0.2) is 4.79 Å². The van der Waals surface area contributed by atoms with Crippen LogP contribution in [0.2, 0.25) is 0 Å². The molecule has 0 aliphatic carbocycles. The molecule has 10 nitrogen and oxygen atoms in total. The van der Waals surface area contributed by atoms with E-state index in [1.54, 1.807) is 38.1 Å². The molecule has 152 valence electrons. The molecule has 0 saturated heterocycles. The Morgan fingerprint density at radius 1 is 0.857 bits per heavy atom. The molecule has 0 aromatic heterocycles. The largest absolute Gasteiger partial charge is 0.464 e. The molecule has 1 aromatic carbocycles. The lowest BCUT2D eigenvalue weighted by molar-refractivity contribution is -0.132. The van der Waals surface area contributed by atoms with E-state index in [2.05, 4.69) is 20.6 Å². The fourth-order valence-electron chi connectivity index (χ4n) is 2.17. The molecule has 1 aromatic rings. The zero-order valence-corrected chi connectivity index (χ0v) is 16.8. The third-order valence-electron chi connectivity index (χ3n) is 3.35. The molecule has 0 N–H and O–H groups in total. The first-order valence-corrected chi connectivity index (χ1v) is 8.14. The van der Waals surface area contributed by atoms with Crippen molar-refractivity contribution in [2.24, 2.45) is 20.6 Å². The first-order valence-electron chi connectivity index (χ1n) is 8.14. The number of carbonyl (C=O) groups is 1. The van der Waals surface area contributed by atoms with Crippen molar-refractivity contribution in [3.05, 3.63) is 35.4 Å². The van der Waals surface area contributed by atoms with Crippen molar-refractivity contribution in [3.8, 4) is 0 Å². The van der Waals surface area contributed by atoms with Crippen LogP contribution in [0.25, 0.3) is 0 Å². The molecular formula is C18H24N4O6. The highest BCUT2D eigenvalue weighted by atomic mass is 16.6. The average molecular weight is 392 g/mol. The normalized spacial score (nSPS) is 13.1. The summed E-state index contributed by atoms with van der Waals surface area (Å²) in [5, 5.41) is 15.5. The van der Waals surface area contributed by atoms with E-state index in [1.165, 1.54) is 28.4 Å². The number of esters is 1. The van der Waals surface area contributed by atoms with Gasteiger partial charge in [0, 0.05) is 11.1 Å². The fraction of sp³-hybridized carbons (Fsp3) is 0.389. The van der Waals surface area contributed by atoms with Crippen LogP contribution in [-0.4, -0.2) is 57.3 Å². The van der Waals surface area contributed by atoms with Crippen molar-refractivity contribution in [1.82, 2.24) is 0 Å². The molecule has 1 rings (SSSR count). The van der Waals surface area contributed by atoms with Crippen molar-refractivity contribution in [2.75, 3.05) is 28.4 Å². The number of benzene rings is 1. The van der Waals surface area contributed by atoms with E-state index in [4.69, 9.17) is 24.1 Å². The Hall–Kier alpha value is -3.43. The minimum Gasteiger partial charge on any atom is -0.464 e. The van der Waals surface area contributed by atoms with Crippen molar-refractivity contribution in [2.45, 2.75) is 20.5 Å². The maximum atomic E-state index is 12.0. The third-order valence-corrected chi connectivity index (χ3v) is 3.35. The number of oxime groups is 4. The highest BCUT2D eigenvalue weighted by Gasteiger charge is 2.19. The Kier molecular flexibility index (Phi) is 9.73. The first-order chi connectivity index (χ1) is 13.5. The summed E-state index contributed by atoms with van der Waals surface area (Å²) in [4.78, 5) is 31.7. The van der Waals surface area contributed by atoms with Crippen molar-refractivity contribution < 1.29 is 28.9 Å². The van der Waals surface area contributed by atoms with E-state index < -0.39 is 5.97 Å². The third kappa shape index (κ3) is 6.38. The molecule has 0 saturated carbocycles. The second-order valence-electron chi connectivity index (χ2n) is 5.20. The van der Waals surface area contributed by atoms with E-state index in [0.29, 0.717) is 28.3 Å². The van der Waals surface area contributed by atoms with Crippen LogP contribution in [0.4, 0.5) is 0 Å². The number of rotatable bonds is 10. The molecule has 0 heterocycles. The number of hydrogen-bond acceptors (Lipinski definition) is 10. The zero-order chi connectivity index (χ0) is 20.9. The van der Waals surface area contributed by atoms with Crippen LogP contribution < -0.4 is 0 Å². The van der Waals surface area contributed by atoms with Gasteiger partial charge in [0.1, 0.15) is 39.4 Å². The standard InChI is InChI=1S/C18H24N4O6/c1-12(19-25-4)16(21-26-5)13(2)20-28-11-14-9-7-8-10-15(14)17(22-27-6)18(23)24-3/h7-10H,11H2,1-6H3/b19-12+,20-13+,21-16-,22-17+. The number of ether oxygens (including phenoxy) is 1. The number of nitrogens with zero attached hydrogens (tertiary/aromatic N) is 4. The van der Waals surface area contributed by atoms with Crippen molar-refractivity contribution in [3.63, 3.8) is 0 Å². The quantitative estimate of drug-likeness (QED) is 0.342. The topological polar surface area (TPSA) is 113 Å². The summed E-state index contributed by atoms with van der Waals surface area (Å²) >= 11 is 0. The summed E-state index contributed by atoms with van der Waals surface area (Å²) in [5.74, 6) is -0.630. The fourth-order valence-corrected chi connectivity index (χ4v) is 2.17. The summed E-state index contributed by atoms with van der Waals surface area (Å²) in [6.07, 6.45) is 0. The Balaban J connectivity index is 3.06. The van der Waals surface area contributed by atoms with Crippen molar-refractivity contribution >= 4 is 28.8 Å². The van der Waals surface area contributed by atoms with E-state index in [9.17, 15) is 4.79 Å².